The largest absolute Gasteiger partial charge is 0.497 e. The lowest BCUT2D eigenvalue weighted by molar-refractivity contribution is -0.147. The second-order valence-corrected chi connectivity index (χ2v) is 4.46. The van der Waals surface area contributed by atoms with Crippen molar-refractivity contribution in [3.05, 3.63) is 29.8 Å². The zero-order valence-corrected chi connectivity index (χ0v) is 10.9. The number of nitrogens with zero attached hydrogens (tertiary/aromatic N) is 1. The minimum atomic E-state index is -1.25. The van der Waals surface area contributed by atoms with Crippen LogP contribution in [-0.2, 0) is 4.79 Å². The standard InChI is InChI=1S/C13H17NO4/c1-13(2,12(16)17)14(3)11(15)9-5-7-10(18-4)8-6-9/h5-8H,1-4H3,(H,16,17). The number of hydrogen-bond donors (Lipinski definition) is 1. The Morgan fingerprint density at radius 1 is 1.22 bits per heavy atom. The van der Waals surface area contributed by atoms with Crippen molar-refractivity contribution in [3.63, 3.8) is 0 Å². The van der Waals surface area contributed by atoms with E-state index in [1.807, 2.05) is 0 Å². The molecule has 0 aromatic heterocycles. The quantitative estimate of drug-likeness (QED) is 0.883. The van der Waals surface area contributed by atoms with Crippen molar-refractivity contribution in [2.75, 3.05) is 14.2 Å². The molecule has 5 nitrogen and oxygen atoms in total. The van der Waals surface area contributed by atoms with Crippen molar-refractivity contribution >= 4 is 11.9 Å². The first-order valence-corrected chi connectivity index (χ1v) is 5.46. The number of aliphatic carboxylic acids is 1. The van der Waals surface area contributed by atoms with Gasteiger partial charge in [0, 0.05) is 12.6 Å². The topological polar surface area (TPSA) is 66.8 Å². The normalized spacial score (nSPS) is 10.9. The molecule has 0 aliphatic rings. The maximum atomic E-state index is 12.1. The Kier molecular flexibility index (Phi) is 3.96. The predicted molar refractivity (Wildman–Crippen MR) is 66.8 cm³/mol. The maximum Gasteiger partial charge on any atom is 0.329 e. The summed E-state index contributed by atoms with van der Waals surface area (Å²) < 4.78 is 5.00. The molecule has 0 aliphatic heterocycles. The number of amides is 1. The van der Waals surface area contributed by atoms with Crippen LogP contribution in [0, 0.1) is 0 Å². The number of carbonyl (C=O) groups is 2. The number of benzene rings is 1. The molecule has 0 radical (unpaired) electrons. The highest BCUT2D eigenvalue weighted by Crippen LogP contribution is 2.18. The van der Waals surface area contributed by atoms with E-state index in [9.17, 15) is 9.59 Å². The summed E-state index contributed by atoms with van der Waals surface area (Å²) in [6, 6.07) is 6.54. The number of carboxylic acid groups (broad SMARTS) is 1. The van der Waals surface area contributed by atoms with E-state index in [4.69, 9.17) is 9.84 Å². The van der Waals surface area contributed by atoms with Crippen LogP contribution in [0.15, 0.2) is 24.3 Å². The van der Waals surface area contributed by atoms with Gasteiger partial charge in [0.2, 0.25) is 0 Å². The molecule has 1 aromatic rings. The Balaban J connectivity index is 2.96. The summed E-state index contributed by atoms with van der Waals surface area (Å²) in [6.45, 7) is 2.97. The van der Waals surface area contributed by atoms with E-state index in [-0.39, 0.29) is 5.91 Å². The van der Waals surface area contributed by atoms with Gasteiger partial charge in [-0.3, -0.25) is 4.79 Å². The number of rotatable bonds is 4. The van der Waals surface area contributed by atoms with Gasteiger partial charge in [-0.1, -0.05) is 0 Å². The molecular weight excluding hydrogens is 234 g/mol. The lowest BCUT2D eigenvalue weighted by Gasteiger charge is -2.31. The molecule has 0 bridgehead atoms. The fraction of sp³-hybridized carbons (Fsp3) is 0.385. The van der Waals surface area contributed by atoms with Gasteiger partial charge in [0.1, 0.15) is 11.3 Å². The Labute approximate surface area is 106 Å². The minimum Gasteiger partial charge on any atom is -0.497 e. The van der Waals surface area contributed by atoms with Crippen LogP contribution in [0.3, 0.4) is 0 Å². The molecule has 0 saturated heterocycles. The lowest BCUT2D eigenvalue weighted by atomic mass is 10.0. The van der Waals surface area contributed by atoms with Crippen molar-refractivity contribution < 1.29 is 19.4 Å². The summed E-state index contributed by atoms with van der Waals surface area (Å²) in [5, 5.41) is 9.08. The van der Waals surface area contributed by atoms with Gasteiger partial charge >= 0.3 is 5.97 Å². The van der Waals surface area contributed by atoms with Crippen molar-refractivity contribution in [1.82, 2.24) is 4.90 Å². The molecule has 98 valence electrons. The summed E-state index contributed by atoms with van der Waals surface area (Å²) in [5.41, 5.74) is -0.829. The predicted octanol–water partition coefficient (Wildman–Crippen LogP) is 1.63. The van der Waals surface area contributed by atoms with Gasteiger partial charge in [-0.15, -0.1) is 0 Å². The molecule has 0 heterocycles. The number of likely N-dealkylation sites (N-methyl/N-ethyl adjacent to an activating group) is 1. The van der Waals surface area contributed by atoms with E-state index >= 15 is 0 Å². The molecule has 1 amide bonds. The van der Waals surface area contributed by atoms with Gasteiger partial charge in [-0.05, 0) is 38.1 Å². The molecule has 1 rings (SSSR count). The Hall–Kier alpha value is -2.04. The highest BCUT2D eigenvalue weighted by Gasteiger charge is 2.35. The molecule has 1 N–H and O–H groups in total. The SMILES string of the molecule is COc1ccc(C(=O)N(C)C(C)(C)C(=O)O)cc1. The zero-order chi connectivity index (χ0) is 13.9. The number of carboxylic acids is 1. The first-order valence-electron chi connectivity index (χ1n) is 5.46. The average Bonchev–Trinajstić information content (AvgIpc) is 2.36. The molecular formula is C13H17NO4. The summed E-state index contributed by atoms with van der Waals surface area (Å²) in [4.78, 5) is 24.4. The van der Waals surface area contributed by atoms with Crippen LogP contribution < -0.4 is 4.74 Å². The van der Waals surface area contributed by atoms with Crippen LogP contribution in [0.4, 0.5) is 0 Å². The third kappa shape index (κ3) is 2.61. The first-order chi connectivity index (χ1) is 8.30. The molecule has 0 fully saturated rings. The lowest BCUT2D eigenvalue weighted by Crippen LogP contribution is -2.50. The van der Waals surface area contributed by atoms with Gasteiger partial charge in [-0.25, -0.2) is 4.79 Å². The van der Waals surface area contributed by atoms with E-state index in [0.29, 0.717) is 11.3 Å². The third-order valence-electron chi connectivity index (χ3n) is 3.00. The van der Waals surface area contributed by atoms with Crippen LogP contribution >= 0.6 is 0 Å². The Morgan fingerprint density at radius 2 is 1.72 bits per heavy atom. The van der Waals surface area contributed by atoms with E-state index in [0.717, 1.165) is 0 Å². The minimum absolute atomic E-state index is 0.343. The number of carbonyl (C=O) groups excluding carboxylic acids is 1. The van der Waals surface area contributed by atoms with Crippen molar-refractivity contribution in [2.24, 2.45) is 0 Å². The molecule has 0 atom stereocenters. The average molecular weight is 251 g/mol. The van der Waals surface area contributed by atoms with E-state index < -0.39 is 11.5 Å². The van der Waals surface area contributed by atoms with Crippen LogP contribution in [-0.4, -0.2) is 41.6 Å². The number of ether oxygens (including phenoxy) is 1. The van der Waals surface area contributed by atoms with Gasteiger partial charge in [0.25, 0.3) is 5.91 Å². The zero-order valence-electron chi connectivity index (χ0n) is 10.9. The Bertz CT molecular complexity index is 451. The fourth-order valence-corrected chi connectivity index (χ4v) is 1.32. The van der Waals surface area contributed by atoms with Gasteiger partial charge in [0.15, 0.2) is 0 Å². The van der Waals surface area contributed by atoms with Crippen molar-refractivity contribution in [2.45, 2.75) is 19.4 Å². The second kappa shape index (κ2) is 5.08. The van der Waals surface area contributed by atoms with Crippen molar-refractivity contribution in [1.29, 1.82) is 0 Å². The smallest absolute Gasteiger partial charge is 0.329 e. The summed E-state index contributed by atoms with van der Waals surface area (Å²) in [7, 11) is 3.01. The highest BCUT2D eigenvalue weighted by atomic mass is 16.5. The van der Waals surface area contributed by atoms with Crippen LogP contribution in [0.5, 0.6) is 5.75 Å². The number of hydrogen-bond acceptors (Lipinski definition) is 3. The molecule has 0 aliphatic carbocycles. The second-order valence-electron chi connectivity index (χ2n) is 4.46. The first kappa shape index (κ1) is 14.0. The van der Waals surface area contributed by atoms with Crippen LogP contribution in [0.25, 0.3) is 0 Å². The highest BCUT2D eigenvalue weighted by molar-refractivity contribution is 5.97. The molecule has 18 heavy (non-hydrogen) atoms. The Morgan fingerprint density at radius 3 is 2.11 bits per heavy atom. The van der Waals surface area contributed by atoms with E-state index in [1.54, 1.807) is 24.3 Å². The molecule has 5 heteroatoms. The molecule has 0 saturated carbocycles. The number of methoxy groups -OCH3 is 1. The molecule has 1 aromatic carbocycles. The van der Waals surface area contributed by atoms with Gasteiger partial charge in [0.05, 0.1) is 7.11 Å². The van der Waals surface area contributed by atoms with Crippen LogP contribution in [0.1, 0.15) is 24.2 Å². The van der Waals surface area contributed by atoms with Gasteiger partial charge < -0.3 is 14.7 Å². The van der Waals surface area contributed by atoms with Crippen molar-refractivity contribution in [3.8, 4) is 5.75 Å². The summed E-state index contributed by atoms with van der Waals surface area (Å²) in [5.74, 6) is -0.747. The van der Waals surface area contributed by atoms with E-state index in [1.165, 1.54) is 32.9 Å². The van der Waals surface area contributed by atoms with Gasteiger partial charge in [-0.2, -0.15) is 0 Å². The maximum absolute atomic E-state index is 12.1. The van der Waals surface area contributed by atoms with E-state index in [2.05, 4.69) is 0 Å². The summed E-state index contributed by atoms with van der Waals surface area (Å²) in [6.07, 6.45) is 0. The fourth-order valence-electron chi connectivity index (χ4n) is 1.32. The monoisotopic (exact) mass is 251 g/mol. The third-order valence-corrected chi connectivity index (χ3v) is 3.00. The molecule has 0 spiro atoms. The van der Waals surface area contributed by atoms with Crippen LogP contribution in [0.2, 0.25) is 0 Å². The molecule has 0 unspecified atom stereocenters. The summed E-state index contributed by atoms with van der Waals surface area (Å²) >= 11 is 0.